The smallest absolute Gasteiger partial charge is 0.489 e. The van der Waals surface area contributed by atoms with Gasteiger partial charge in [0.25, 0.3) is 5.91 Å². The van der Waals surface area contributed by atoms with E-state index >= 15 is 0 Å². The summed E-state index contributed by atoms with van der Waals surface area (Å²) in [6.07, 6.45) is -13.1. The number of amides is 4. The summed E-state index contributed by atoms with van der Waals surface area (Å²) < 4.78 is 88.7. The molecule has 3 fully saturated rings. The number of urea groups is 1. The van der Waals surface area contributed by atoms with Crippen molar-refractivity contribution in [2.75, 3.05) is 39.4 Å². The number of halogens is 6. The van der Waals surface area contributed by atoms with Gasteiger partial charge in [0.1, 0.15) is 43.6 Å². The molecule has 2 aromatic rings. The zero-order chi connectivity index (χ0) is 41.9. The molecule has 0 radical (unpaired) electrons. The van der Waals surface area contributed by atoms with Crippen LogP contribution in [0.3, 0.4) is 0 Å². The van der Waals surface area contributed by atoms with Crippen molar-refractivity contribution in [1.82, 2.24) is 25.7 Å². The first-order chi connectivity index (χ1) is 26.7. The lowest BCUT2D eigenvalue weighted by Gasteiger charge is -2.49. The number of carbonyl (C=O) groups is 5. The number of benzene rings is 1. The molecule has 5 rings (SSSR count). The highest BCUT2D eigenvalue weighted by molar-refractivity contribution is 5.94. The van der Waals surface area contributed by atoms with Gasteiger partial charge in [-0.2, -0.15) is 31.8 Å². The predicted molar refractivity (Wildman–Crippen MR) is 177 cm³/mol. The van der Waals surface area contributed by atoms with Crippen LogP contribution in [0.4, 0.5) is 31.1 Å². The lowest BCUT2D eigenvalue weighted by atomic mass is 9.86. The summed E-state index contributed by atoms with van der Waals surface area (Å²) >= 11 is 0. The van der Waals surface area contributed by atoms with Crippen LogP contribution >= 0.6 is 0 Å². The van der Waals surface area contributed by atoms with Crippen molar-refractivity contribution in [3.63, 3.8) is 0 Å². The third-order valence-electron chi connectivity index (χ3n) is 10.1. The Morgan fingerprint density at radius 2 is 1.63 bits per heavy atom. The second-order valence-corrected chi connectivity index (χ2v) is 13.9. The fourth-order valence-corrected chi connectivity index (χ4v) is 7.42. The molecule has 57 heavy (non-hydrogen) atoms. The molecule has 1 aromatic heterocycles. The largest absolute Gasteiger partial charge is 0.497 e. The summed E-state index contributed by atoms with van der Waals surface area (Å²) in [7, 11) is 0. The van der Waals surface area contributed by atoms with Crippen molar-refractivity contribution in [3.8, 4) is 5.75 Å². The maximum absolute atomic E-state index is 14.0. The van der Waals surface area contributed by atoms with E-state index in [-0.39, 0.29) is 39.0 Å². The number of nitrogens with one attached hydrogen (secondary N) is 2. The van der Waals surface area contributed by atoms with Crippen LogP contribution < -0.4 is 21.4 Å². The number of hydroxylamine groups is 5. The summed E-state index contributed by atoms with van der Waals surface area (Å²) in [5.41, 5.74) is 10.8. The van der Waals surface area contributed by atoms with Crippen molar-refractivity contribution in [2.24, 2.45) is 11.7 Å². The molecule has 1 aromatic carbocycles. The SMILES string of the molecule is Cc1cc(COc2ccc(C3(N)CCN(C(C(=O)NO)C4CC[N+](OC(=O)C(F)(F)F)(C5COCCN5C(=O)NOC(=O)C(F)(F)F)CC4)C3=O)cc2)cc(C)n1. The fourth-order valence-electron chi connectivity index (χ4n) is 7.42. The number of nitrogens with zero attached hydrogens (tertiary/aromatic N) is 4. The van der Waals surface area contributed by atoms with Crippen LogP contribution in [0, 0.1) is 19.8 Å². The van der Waals surface area contributed by atoms with E-state index in [0.29, 0.717) is 16.2 Å². The van der Waals surface area contributed by atoms with Gasteiger partial charge in [-0.3, -0.25) is 29.5 Å². The molecule has 0 aliphatic carbocycles. The number of piperidine rings is 1. The number of alkyl halides is 6. The third kappa shape index (κ3) is 9.48. The van der Waals surface area contributed by atoms with Crippen LogP contribution in [0.5, 0.6) is 5.75 Å². The Balaban J connectivity index is 1.33. The number of nitrogens with two attached hydrogens (primary N) is 1. The third-order valence-corrected chi connectivity index (χ3v) is 10.1. The van der Waals surface area contributed by atoms with E-state index in [0.717, 1.165) is 21.9 Å². The number of pyridine rings is 1. The Kier molecular flexibility index (Phi) is 12.5. The van der Waals surface area contributed by atoms with Gasteiger partial charge >= 0.3 is 30.3 Å². The molecule has 23 heteroatoms. The van der Waals surface area contributed by atoms with Gasteiger partial charge in [-0.1, -0.05) is 12.1 Å². The first kappa shape index (κ1) is 42.9. The highest BCUT2D eigenvalue weighted by atomic mass is 19.4. The highest BCUT2D eigenvalue weighted by Crippen LogP contribution is 2.39. The maximum Gasteiger partial charge on any atom is 0.497 e. The topological polar surface area (TPSA) is 212 Å². The molecule has 3 atom stereocenters. The zero-order valence-corrected chi connectivity index (χ0v) is 30.5. The van der Waals surface area contributed by atoms with Crippen LogP contribution in [-0.4, -0.2) is 118 Å². The molecule has 3 aliphatic heterocycles. The number of aromatic nitrogens is 1. The Morgan fingerprint density at radius 3 is 2.21 bits per heavy atom. The van der Waals surface area contributed by atoms with Gasteiger partial charge in [-0.05, 0) is 61.6 Å². The molecule has 4 amide bonds. The lowest BCUT2D eigenvalue weighted by molar-refractivity contribution is -1.12. The monoisotopic (exact) mass is 820 g/mol. The zero-order valence-electron chi connectivity index (χ0n) is 30.5. The van der Waals surface area contributed by atoms with Gasteiger partial charge < -0.3 is 24.9 Å². The van der Waals surface area contributed by atoms with Gasteiger partial charge in [0.15, 0.2) is 0 Å². The van der Waals surface area contributed by atoms with Gasteiger partial charge in [0, 0.05) is 30.8 Å². The van der Waals surface area contributed by atoms with Crippen LogP contribution in [-0.2, 0) is 45.7 Å². The quantitative estimate of drug-likeness (QED) is 0.124. The van der Waals surface area contributed by atoms with Crippen LogP contribution in [0.2, 0.25) is 0 Å². The molecule has 0 bridgehead atoms. The molecule has 5 N–H and O–H groups in total. The Hall–Kier alpha value is -5.26. The van der Waals surface area contributed by atoms with Crippen molar-refractivity contribution < 1.29 is 79.3 Å². The van der Waals surface area contributed by atoms with Crippen LogP contribution in [0.15, 0.2) is 36.4 Å². The summed E-state index contributed by atoms with van der Waals surface area (Å²) in [6, 6.07) is 7.29. The van der Waals surface area contributed by atoms with Gasteiger partial charge in [-0.15, -0.1) is 4.65 Å². The molecule has 3 saturated heterocycles. The number of ether oxygens (including phenoxy) is 2. The number of rotatable bonds is 9. The van der Waals surface area contributed by atoms with Crippen LogP contribution in [0.1, 0.15) is 41.8 Å². The van der Waals surface area contributed by atoms with Gasteiger partial charge in [0.2, 0.25) is 12.1 Å². The van der Waals surface area contributed by atoms with E-state index < -0.39 is 96.7 Å². The first-order valence-corrected chi connectivity index (χ1v) is 17.5. The van der Waals surface area contributed by atoms with Crippen molar-refractivity contribution in [3.05, 3.63) is 58.9 Å². The maximum atomic E-state index is 14.0. The number of likely N-dealkylation sites (tertiary alicyclic amines) is 2. The Bertz CT molecular complexity index is 1820. The summed E-state index contributed by atoms with van der Waals surface area (Å²) in [5, 5.41) is 9.72. The number of hydrogen-bond acceptors (Lipinski definition) is 12. The summed E-state index contributed by atoms with van der Waals surface area (Å²) in [4.78, 5) is 78.6. The van der Waals surface area contributed by atoms with Crippen molar-refractivity contribution in [2.45, 2.75) is 69.8 Å². The van der Waals surface area contributed by atoms with Crippen molar-refractivity contribution in [1.29, 1.82) is 0 Å². The van der Waals surface area contributed by atoms with Crippen LogP contribution in [0.25, 0.3) is 0 Å². The highest BCUT2D eigenvalue weighted by Gasteiger charge is 2.58. The van der Waals surface area contributed by atoms with E-state index in [1.54, 1.807) is 24.3 Å². The number of morpholine rings is 1. The average Bonchev–Trinajstić information content (AvgIpc) is 3.46. The molecule has 17 nitrogen and oxygen atoms in total. The minimum atomic E-state index is -5.53. The van der Waals surface area contributed by atoms with Crippen molar-refractivity contribution >= 4 is 29.8 Å². The molecule has 0 saturated carbocycles. The Morgan fingerprint density at radius 1 is 1.02 bits per heavy atom. The van der Waals surface area contributed by atoms with E-state index in [4.69, 9.17) is 20.0 Å². The molecule has 4 heterocycles. The number of hydrogen-bond donors (Lipinski definition) is 4. The second kappa shape index (κ2) is 16.7. The molecule has 312 valence electrons. The number of quaternary nitrogens is 1. The summed E-state index contributed by atoms with van der Waals surface area (Å²) in [6.45, 7) is 1.53. The average molecular weight is 821 g/mol. The minimum Gasteiger partial charge on any atom is -0.489 e. The number of aryl methyl sites for hydroxylation is 2. The predicted octanol–water partition coefficient (Wildman–Crippen LogP) is 2.17. The number of carbonyl (C=O) groups excluding carboxylic acids is 5. The van der Waals surface area contributed by atoms with Gasteiger partial charge in [-0.25, -0.2) is 19.9 Å². The molecular weight excluding hydrogens is 780 g/mol. The first-order valence-electron chi connectivity index (χ1n) is 17.5. The fraction of sp³-hybridized carbons (Fsp3) is 0.529. The molecule has 3 aliphatic rings. The lowest BCUT2D eigenvalue weighted by Crippen LogP contribution is -2.71. The minimum absolute atomic E-state index is 0.0229. The van der Waals surface area contributed by atoms with Gasteiger partial charge in [0.05, 0.1) is 13.2 Å². The molecular formula is C34H40F6N7O10+. The normalized spacial score (nSPS) is 24.7. The molecule has 3 unspecified atom stereocenters. The summed E-state index contributed by atoms with van der Waals surface area (Å²) in [5.74, 6) is -7.60. The van der Waals surface area contributed by atoms with E-state index in [9.17, 15) is 55.5 Å². The Labute approximate surface area is 320 Å². The molecule has 0 spiro atoms. The van der Waals surface area contributed by atoms with E-state index in [1.165, 1.54) is 11.0 Å². The standard InChI is InChI=1S/C34H39F6N7O10/c1-19-15-21(16-20(2)42-19)17-55-24-5-3-23(4-6-24)32(41)9-10-46(28(32)49)26(27(48)43-53)22-7-12-47(13-8-22,57-30(51)34(38,39)40)25-18-54-14-11-45(25)31(52)44-56-29(50)33(35,36)37/h3-6,15-16,22,25-26H,7-14,17-18,41H2,1-2H3,(H2-,43,44,48,52,53)/p+1. The second-order valence-electron chi connectivity index (χ2n) is 13.9. The van der Waals surface area contributed by atoms with E-state index in [2.05, 4.69) is 9.82 Å². The van der Waals surface area contributed by atoms with E-state index in [1.807, 2.05) is 26.0 Å².